The van der Waals surface area contributed by atoms with Gasteiger partial charge in [0.1, 0.15) is 17.3 Å². The molecule has 3 atom stereocenters. The molecule has 3 aromatic rings. The molecule has 11 heteroatoms. The molecule has 2 amide bonds. The molecule has 3 heterocycles. The molecule has 1 saturated carbocycles. The van der Waals surface area contributed by atoms with Gasteiger partial charge in [-0.05, 0) is 68.9 Å². The highest BCUT2D eigenvalue weighted by Crippen LogP contribution is 2.46. The summed E-state index contributed by atoms with van der Waals surface area (Å²) in [6, 6.07) is 8.07. The topological polar surface area (TPSA) is 105 Å². The van der Waals surface area contributed by atoms with Crippen LogP contribution in [0.15, 0.2) is 40.9 Å². The van der Waals surface area contributed by atoms with Crippen molar-refractivity contribution in [2.24, 2.45) is 0 Å². The van der Waals surface area contributed by atoms with Crippen LogP contribution < -0.4 is 5.32 Å². The van der Waals surface area contributed by atoms with Gasteiger partial charge >= 0.3 is 12.0 Å². The summed E-state index contributed by atoms with van der Waals surface area (Å²) >= 11 is 12.9. The molecule has 2 aromatic carbocycles. The lowest BCUT2D eigenvalue weighted by Crippen LogP contribution is -2.50. The van der Waals surface area contributed by atoms with Crippen molar-refractivity contribution in [3.8, 4) is 11.3 Å². The lowest BCUT2D eigenvalue weighted by atomic mass is 9.99. The zero-order valence-electron chi connectivity index (χ0n) is 20.8. The van der Waals surface area contributed by atoms with Crippen LogP contribution >= 0.6 is 23.2 Å². The van der Waals surface area contributed by atoms with Crippen molar-refractivity contribution in [2.45, 2.75) is 69.2 Å². The molecular formula is C28H26Cl2FN3O5. The van der Waals surface area contributed by atoms with E-state index in [2.05, 4.69) is 10.5 Å². The quantitative estimate of drug-likeness (QED) is 0.312. The maximum absolute atomic E-state index is 14.3. The summed E-state index contributed by atoms with van der Waals surface area (Å²) in [6.45, 7) is 0.287. The average Bonchev–Trinajstić information content (AvgIpc) is 3.60. The highest BCUT2D eigenvalue weighted by atomic mass is 35.5. The lowest BCUT2D eigenvalue weighted by molar-refractivity contribution is -0.0158. The highest BCUT2D eigenvalue weighted by Gasteiger charge is 2.44. The number of nitrogens with one attached hydrogen (secondary N) is 1. The number of carbonyl (C=O) groups excluding carboxylic acids is 1. The third-order valence-electron chi connectivity index (χ3n) is 7.81. The smallest absolute Gasteiger partial charge is 0.335 e. The molecule has 8 nitrogen and oxygen atoms in total. The van der Waals surface area contributed by atoms with E-state index in [0.717, 1.165) is 55.2 Å². The number of piperidine rings is 1. The Labute approximate surface area is 234 Å². The molecule has 1 aliphatic carbocycles. The van der Waals surface area contributed by atoms with E-state index in [1.54, 1.807) is 23.1 Å². The maximum atomic E-state index is 14.3. The Balaban J connectivity index is 1.15. The molecule has 0 spiro atoms. The Morgan fingerprint density at radius 1 is 1.10 bits per heavy atom. The fourth-order valence-corrected chi connectivity index (χ4v) is 6.35. The van der Waals surface area contributed by atoms with Gasteiger partial charge in [0, 0.05) is 29.1 Å². The first-order valence-electron chi connectivity index (χ1n) is 13.0. The minimum absolute atomic E-state index is 0.0673. The number of amides is 2. The van der Waals surface area contributed by atoms with Crippen molar-refractivity contribution in [3.63, 3.8) is 0 Å². The molecule has 1 aromatic heterocycles. The van der Waals surface area contributed by atoms with Crippen LogP contribution in [0.2, 0.25) is 10.0 Å². The van der Waals surface area contributed by atoms with Crippen molar-refractivity contribution < 1.29 is 28.3 Å². The van der Waals surface area contributed by atoms with Gasteiger partial charge in [0.15, 0.2) is 0 Å². The number of ether oxygens (including phenoxy) is 1. The Bertz CT molecular complexity index is 1410. The fraction of sp³-hybridized carbons (Fsp3) is 0.393. The normalized spacial score (nSPS) is 22.2. The third kappa shape index (κ3) is 5.11. The summed E-state index contributed by atoms with van der Waals surface area (Å²) in [6.07, 6.45) is 4.88. The number of carboxylic acid groups (broad SMARTS) is 1. The molecule has 2 aliphatic heterocycles. The predicted molar refractivity (Wildman–Crippen MR) is 143 cm³/mol. The van der Waals surface area contributed by atoms with E-state index < -0.39 is 17.8 Å². The van der Waals surface area contributed by atoms with Crippen LogP contribution in [0.25, 0.3) is 11.3 Å². The molecule has 3 aliphatic rings. The van der Waals surface area contributed by atoms with Gasteiger partial charge in [-0.15, -0.1) is 0 Å². The Morgan fingerprint density at radius 2 is 1.79 bits per heavy atom. The van der Waals surface area contributed by atoms with Crippen LogP contribution in [-0.2, 0) is 11.3 Å². The van der Waals surface area contributed by atoms with Gasteiger partial charge in [-0.25, -0.2) is 14.0 Å². The number of hydrogen-bond acceptors (Lipinski definition) is 5. The summed E-state index contributed by atoms with van der Waals surface area (Å²) < 4.78 is 26.4. The van der Waals surface area contributed by atoms with E-state index in [1.807, 2.05) is 0 Å². The van der Waals surface area contributed by atoms with Gasteiger partial charge in [0.2, 0.25) is 0 Å². The second-order valence-corrected chi connectivity index (χ2v) is 11.2. The van der Waals surface area contributed by atoms with E-state index in [9.17, 15) is 19.1 Å². The van der Waals surface area contributed by atoms with Gasteiger partial charge in [0.05, 0.1) is 34.0 Å². The first-order valence-corrected chi connectivity index (χ1v) is 13.7. The molecule has 2 unspecified atom stereocenters. The second kappa shape index (κ2) is 10.4. The van der Waals surface area contributed by atoms with Gasteiger partial charge in [-0.3, -0.25) is 0 Å². The number of fused-ring (bicyclic) bond motifs is 2. The number of aromatic nitrogens is 1. The van der Waals surface area contributed by atoms with Gasteiger partial charge < -0.3 is 24.6 Å². The largest absolute Gasteiger partial charge is 0.478 e. The van der Waals surface area contributed by atoms with Crippen LogP contribution in [0.4, 0.5) is 14.9 Å². The van der Waals surface area contributed by atoms with Crippen molar-refractivity contribution in [2.75, 3.05) is 5.32 Å². The molecule has 3 fully saturated rings. The Morgan fingerprint density at radius 3 is 2.44 bits per heavy atom. The number of nitrogens with zero attached hydrogens (tertiary/aromatic N) is 2. The molecular weight excluding hydrogens is 548 g/mol. The fourth-order valence-electron chi connectivity index (χ4n) is 5.78. The zero-order valence-corrected chi connectivity index (χ0v) is 22.3. The Kier molecular flexibility index (Phi) is 6.99. The van der Waals surface area contributed by atoms with Crippen molar-refractivity contribution >= 4 is 40.9 Å². The molecule has 204 valence electrons. The van der Waals surface area contributed by atoms with E-state index in [0.29, 0.717) is 40.1 Å². The molecule has 2 saturated heterocycles. The number of halogens is 3. The zero-order chi connectivity index (χ0) is 27.3. The summed E-state index contributed by atoms with van der Waals surface area (Å²) in [5.74, 6) is -0.756. The number of anilines is 1. The monoisotopic (exact) mass is 573 g/mol. The second-order valence-electron chi connectivity index (χ2n) is 10.4. The van der Waals surface area contributed by atoms with Crippen LogP contribution in [0.1, 0.15) is 66.1 Å². The minimum atomic E-state index is -1.19. The molecule has 39 heavy (non-hydrogen) atoms. The molecule has 2 N–H and O–H groups in total. The summed E-state index contributed by atoms with van der Waals surface area (Å²) in [7, 11) is 0. The van der Waals surface area contributed by atoms with Crippen LogP contribution in [0.5, 0.6) is 0 Å². The average molecular weight is 574 g/mol. The summed E-state index contributed by atoms with van der Waals surface area (Å²) in [4.78, 5) is 26.1. The van der Waals surface area contributed by atoms with Gasteiger partial charge in [0.25, 0.3) is 0 Å². The first-order chi connectivity index (χ1) is 18.8. The van der Waals surface area contributed by atoms with Crippen molar-refractivity contribution in [3.05, 3.63) is 69.1 Å². The van der Waals surface area contributed by atoms with Crippen LogP contribution in [-0.4, -0.2) is 45.4 Å². The number of carbonyl (C=O) groups is 2. The Hall–Kier alpha value is -3.14. The molecule has 2 bridgehead atoms. The van der Waals surface area contributed by atoms with Crippen LogP contribution in [0.3, 0.4) is 0 Å². The number of benzene rings is 2. The van der Waals surface area contributed by atoms with Crippen molar-refractivity contribution in [1.29, 1.82) is 0 Å². The van der Waals surface area contributed by atoms with Crippen LogP contribution in [0, 0.1) is 5.82 Å². The van der Waals surface area contributed by atoms with Gasteiger partial charge in [-0.1, -0.05) is 34.4 Å². The lowest BCUT2D eigenvalue weighted by Gasteiger charge is -2.38. The maximum Gasteiger partial charge on any atom is 0.335 e. The van der Waals surface area contributed by atoms with E-state index in [4.69, 9.17) is 32.5 Å². The van der Waals surface area contributed by atoms with E-state index in [-0.39, 0.29) is 36.0 Å². The van der Waals surface area contributed by atoms with E-state index in [1.165, 1.54) is 0 Å². The number of rotatable bonds is 7. The summed E-state index contributed by atoms with van der Waals surface area (Å²) in [5, 5.41) is 17.1. The number of hydrogen-bond donors (Lipinski definition) is 2. The standard InChI is InChI=1S/C28H26Cl2FN3O5/c29-20-2-1-3-21(30)24(20)25-19(26(39-33-25)14-4-5-14)13-38-18-11-16-7-8-17(12-18)34(16)28(37)32-23-10-15(27(35)36)6-9-22(23)31/h1-3,6,9-10,14,16-18H,4-5,7-8,11-13H2,(H,32,37)(H,35,36)/t16-,17?,18?/m0/s1. The number of aromatic carboxylic acids is 1. The molecule has 6 rings (SSSR count). The highest BCUT2D eigenvalue weighted by molar-refractivity contribution is 6.39. The van der Waals surface area contributed by atoms with E-state index >= 15 is 0 Å². The predicted octanol–water partition coefficient (Wildman–Crippen LogP) is 7.11. The summed E-state index contributed by atoms with van der Waals surface area (Å²) in [5.41, 5.74) is 1.83. The number of carboxylic acids is 1. The minimum Gasteiger partial charge on any atom is -0.478 e. The number of urea groups is 1. The SMILES string of the molecule is O=C(O)c1ccc(F)c(NC(=O)N2C3CC[C@H]2CC(OCc2c(-c4c(Cl)cccc4Cl)noc2C2CC2)C3)c1. The van der Waals surface area contributed by atoms with Crippen molar-refractivity contribution in [1.82, 2.24) is 10.1 Å². The first kappa shape index (κ1) is 26.1. The molecule has 0 radical (unpaired) electrons. The third-order valence-corrected chi connectivity index (χ3v) is 8.44. The van der Waals surface area contributed by atoms with Gasteiger partial charge in [-0.2, -0.15) is 0 Å².